The number of pyridine rings is 1. The smallest absolute Gasteiger partial charge is 0.586 e. The van der Waals surface area contributed by atoms with E-state index < -0.39 is 54.2 Å². The van der Waals surface area contributed by atoms with E-state index in [0.717, 1.165) is 5.56 Å². The lowest BCUT2D eigenvalue weighted by atomic mass is 9.50. The largest absolute Gasteiger partial charge is 0.604 e. The van der Waals surface area contributed by atoms with Crippen LogP contribution >= 0.6 is 0 Å². The van der Waals surface area contributed by atoms with Crippen molar-refractivity contribution >= 4 is 30.3 Å². The molecule has 11 heteroatoms. The van der Waals surface area contributed by atoms with Gasteiger partial charge in [0.05, 0.1) is 24.3 Å². The Hall–Kier alpha value is -3.57. The van der Waals surface area contributed by atoms with Gasteiger partial charge < -0.3 is 24.1 Å². The minimum absolute atomic E-state index is 0.0421. The van der Waals surface area contributed by atoms with E-state index in [2.05, 4.69) is 10.3 Å². The van der Waals surface area contributed by atoms with Crippen molar-refractivity contribution in [1.29, 1.82) is 0 Å². The highest BCUT2D eigenvalue weighted by molar-refractivity contribution is 6.66. The van der Waals surface area contributed by atoms with Crippen LogP contribution in [0.3, 0.4) is 0 Å². The molecule has 0 aliphatic carbocycles. The second kappa shape index (κ2) is 11.5. The summed E-state index contributed by atoms with van der Waals surface area (Å²) in [5, 5.41) is 13.2. The number of benzene rings is 1. The number of Topliss-reactive ketones (excluding diaryl/α,β-unsaturated/α-hetero) is 1. The monoisotopic (exact) mass is 551 g/mol. The van der Waals surface area contributed by atoms with Gasteiger partial charge in [0.1, 0.15) is 18.3 Å². The molecule has 6 atom stereocenters. The molecule has 1 aromatic heterocycles. The summed E-state index contributed by atoms with van der Waals surface area (Å²) in [6, 6.07) is 13.2. The quantitative estimate of drug-likeness (QED) is 0.431. The zero-order valence-electron chi connectivity index (χ0n) is 23.7. The van der Waals surface area contributed by atoms with Crippen LogP contribution in [-0.2, 0) is 23.7 Å². The molecule has 214 valence electrons. The number of ketones is 1. The molecule has 0 spiro atoms. The molecular weight excluding hydrogens is 513 g/mol. The Kier molecular flexibility index (Phi) is 8.46. The fourth-order valence-corrected chi connectivity index (χ4v) is 6.23. The van der Waals surface area contributed by atoms with Gasteiger partial charge in [-0.3, -0.25) is 19.2 Å². The van der Waals surface area contributed by atoms with E-state index in [1.807, 2.05) is 51.2 Å². The minimum Gasteiger partial charge on any atom is -0.604 e. The van der Waals surface area contributed by atoms with Crippen LogP contribution in [0.4, 0.5) is 0 Å². The van der Waals surface area contributed by atoms with Gasteiger partial charge in [0.2, 0.25) is 0 Å². The van der Waals surface area contributed by atoms with Crippen LogP contribution in [0.25, 0.3) is 11.3 Å². The first-order chi connectivity index (χ1) is 18.8. The minimum atomic E-state index is -2.54. The van der Waals surface area contributed by atoms with Crippen molar-refractivity contribution in [2.45, 2.75) is 58.5 Å². The fourth-order valence-electron chi connectivity index (χ4n) is 6.23. The number of hydrogen-bond donors (Lipinski definition) is 2. The number of amides is 1. The van der Waals surface area contributed by atoms with E-state index in [9.17, 15) is 24.3 Å². The van der Waals surface area contributed by atoms with Crippen LogP contribution in [0.5, 0.6) is 0 Å². The van der Waals surface area contributed by atoms with Gasteiger partial charge in [0, 0.05) is 12.6 Å². The molecule has 2 saturated heterocycles. The van der Waals surface area contributed by atoms with E-state index in [0.29, 0.717) is 18.7 Å². The van der Waals surface area contributed by atoms with Gasteiger partial charge in [-0.1, -0.05) is 56.7 Å². The highest BCUT2D eigenvalue weighted by Gasteiger charge is 2.67. The molecule has 1 amide bonds. The lowest BCUT2D eigenvalue weighted by Crippen LogP contribution is -2.73. The first-order valence-corrected chi connectivity index (χ1v) is 13.8. The maximum Gasteiger partial charge on any atom is 0.586 e. The summed E-state index contributed by atoms with van der Waals surface area (Å²) in [5.74, 6) is -2.96. The number of carbonyl (C=O) groups excluding carboxylic acids is 4. The van der Waals surface area contributed by atoms with E-state index in [4.69, 9.17) is 9.31 Å². The van der Waals surface area contributed by atoms with Crippen LogP contribution in [0.1, 0.15) is 51.0 Å². The average molecular weight is 551 g/mol. The van der Waals surface area contributed by atoms with E-state index in [-0.39, 0.29) is 29.0 Å². The van der Waals surface area contributed by atoms with E-state index >= 15 is 0 Å². The Bertz CT molecular complexity index is 1290. The Morgan fingerprint density at radius 1 is 1.10 bits per heavy atom. The first kappa shape index (κ1) is 29.4. The lowest BCUT2D eigenvalue weighted by molar-refractivity contribution is -0.818. The van der Waals surface area contributed by atoms with Crippen molar-refractivity contribution < 1.29 is 38.0 Å². The molecule has 2 aliphatic heterocycles. The van der Waals surface area contributed by atoms with Crippen LogP contribution in [-0.4, -0.2) is 77.1 Å². The third kappa shape index (κ3) is 5.80. The number of aliphatic hydroxyl groups excluding tert-OH is 1. The molecule has 0 bridgehead atoms. The first-order valence-electron chi connectivity index (χ1n) is 13.8. The molecule has 2 unspecified atom stereocenters. The van der Waals surface area contributed by atoms with Gasteiger partial charge in [0.15, 0.2) is 5.78 Å². The molecule has 0 radical (unpaired) electrons. The number of hydrogen-bond acceptors (Lipinski definition) is 8. The molecule has 2 N–H and O–H groups in total. The van der Waals surface area contributed by atoms with Gasteiger partial charge in [-0.15, -0.1) is 0 Å². The number of aromatic nitrogens is 1. The van der Waals surface area contributed by atoms with Gasteiger partial charge in [-0.25, -0.2) is 4.98 Å². The number of carbonyl (C=O) groups is 4. The molecule has 4 rings (SSSR count). The molecule has 3 heterocycles. The van der Waals surface area contributed by atoms with Gasteiger partial charge in [-0.05, 0) is 44.1 Å². The number of nitrogens with zero attached hydrogens (tertiary/aromatic N) is 2. The molecule has 40 heavy (non-hydrogen) atoms. The molecule has 2 aliphatic rings. The Morgan fingerprint density at radius 2 is 1.80 bits per heavy atom. The summed E-state index contributed by atoms with van der Waals surface area (Å²) in [6.07, 6.45) is -0.927. The molecule has 1 aromatic carbocycles. The van der Waals surface area contributed by atoms with Crippen molar-refractivity contribution in [2.24, 2.45) is 11.8 Å². The number of quaternary nitrogens is 1. The second-order valence-corrected chi connectivity index (χ2v) is 11.9. The third-order valence-electron chi connectivity index (χ3n) is 8.04. The number of nitrogens with one attached hydrogen (secondary N) is 1. The highest BCUT2D eigenvalue weighted by atomic mass is 16.7. The van der Waals surface area contributed by atoms with Crippen LogP contribution in [0.15, 0.2) is 48.5 Å². The fraction of sp³-hybridized carbons (Fsp3) is 0.483. The van der Waals surface area contributed by atoms with Crippen molar-refractivity contribution in [3.8, 4) is 11.3 Å². The number of rotatable bonds is 10. The van der Waals surface area contributed by atoms with Gasteiger partial charge >= 0.3 is 12.7 Å². The molecule has 10 nitrogen and oxygen atoms in total. The summed E-state index contributed by atoms with van der Waals surface area (Å²) in [6.45, 7) is 4.97. The predicted molar refractivity (Wildman–Crippen MR) is 148 cm³/mol. The van der Waals surface area contributed by atoms with E-state index in [1.54, 1.807) is 25.1 Å². The standard InChI is InChI=1S/C29H38BN3O7/c1-18(2)14-22(30-33(5,17-26(36)39-30)16-19(3)29(38)40-30)15-25(35)27(20(4)34)32-28(37)24-13-9-12-23(31-24)21-10-7-6-8-11-21/h6-13,18-20,22,27,34H,14-17H2,1-5H3,(H,32,37)/t19-,20-,22-,27+,30?,33?/m1/s1. The summed E-state index contributed by atoms with van der Waals surface area (Å²) in [7, 11) is 1.82. The van der Waals surface area contributed by atoms with E-state index in [1.165, 1.54) is 6.92 Å². The van der Waals surface area contributed by atoms with Crippen molar-refractivity contribution in [1.82, 2.24) is 10.3 Å². The van der Waals surface area contributed by atoms with Crippen molar-refractivity contribution in [3.05, 3.63) is 54.2 Å². The zero-order valence-corrected chi connectivity index (χ0v) is 23.7. The molecule has 0 saturated carbocycles. The summed E-state index contributed by atoms with van der Waals surface area (Å²) < 4.78 is 11.8. The lowest BCUT2D eigenvalue weighted by Gasteiger charge is -2.56. The molecule has 2 aromatic rings. The number of likely N-dealkylation sites (N-methyl/N-ethyl adjacent to an activating group) is 1. The Balaban J connectivity index is 1.58. The third-order valence-corrected chi connectivity index (χ3v) is 8.04. The van der Waals surface area contributed by atoms with Crippen LogP contribution in [0, 0.1) is 11.8 Å². The second-order valence-electron chi connectivity index (χ2n) is 11.9. The maximum absolute atomic E-state index is 13.7. The Labute approximate surface area is 234 Å². The summed E-state index contributed by atoms with van der Waals surface area (Å²) in [4.78, 5) is 56.7. The number of aliphatic hydroxyl groups is 1. The van der Waals surface area contributed by atoms with Crippen molar-refractivity contribution in [2.75, 3.05) is 20.1 Å². The van der Waals surface area contributed by atoms with Gasteiger partial charge in [0.25, 0.3) is 11.9 Å². The van der Waals surface area contributed by atoms with Crippen LogP contribution in [0.2, 0.25) is 5.82 Å². The SMILES string of the molecule is CC(C)C[C@H](CC(=O)[C@@H](NC(=O)c1cccc(-c2ccccc2)n1)[C@@H](C)O)[B-]12OC(=O)C[N+]1(C)C[C@@H](C)C(=O)O2. The zero-order chi connectivity index (χ0) is 29.2. The number of fused-ring (bicyclic) bond motifs is 1. The summed E-state index contributed by atoms with van der Waals surface area (Å²) >= 11 is 0. The Morgan fingerprint density at radius 3 is 2.45 bits per heavy atom. The maximum atomic E-state index is 13.7. The molecular formula is C29H38BN3O7. The normalized spacial score (nSPS) is 26.3. The average Bonchev–Trinajstić information content (AvgIpc) is 3.16. The van der Waals surface area contributed by atoms with Crippen LogP contribution < -0.4 is 5.32 Å². The van der Waals surface area contributed by atoms with Crippen molar-refractivity contribution in [3.63, 3.8) is 0 Å². The van der Waals surface area contributed by atoms with Gasteiger partial charge in [-0.2, -0.15) is 0 Å². The topological polar surface area (TPSA) is 132 Å². The highest BCUT2D eigenvalue weighted by Crippen LogP contribution is 2.46. The predicted octanol–water partition coefficient (Wildman–Crippen LogP) is 2.74. The summed E-state index contributed by atoms with van der Waals surface area (Å²) in [5.41, 5.74) is 1.54. The molecule has 2 fully saturated rings.